The summed E-state index contributed by atoms with van der Waals surface area (Å²) in [6.45, 7) is 1.48. The number of carbonyl (C=O) groups is 3. The molecule has 0 aromatic heterocycles. The summed E-state index contributed by atoms with van der Waals surface area (Å²) in [5.41, 5.74) is -1.19. The summed E-state index contributed by atoms with van der Waals surface area (Å²) < 4.78 is 5.27. The Kier molecular flexibility index (Phi) is 5.20. The van der Waals surface area contributed by atoms with Crippen LogP contribution < -0.4 is 10.1 Å². The number of carbonyl (C=O) groups excluding carboxylic acids is 2. The Balaban J connectivity index is 1.80. The normalized spacial score (nSPS) is 20.1. The van der Waals surface area contributed by atoms with Crippen LogP contribution in [0.4, 0.5) is 0 Å². The van der Waals surface area contributed by atoms with E-state index in [0.717, 1.165) is 0 Å². The van der Waals surface area contributed by atoms with Gasteiger partial charge in [0.2, 0.25) is 5.91 Å². The molecule has 2 rings (SSSR count). The van der Waals surface area contributed by atoms with Crippen molar-refractivity contribution < 1.29 is 24.2 Å². The molecule has 0 saturated carbocycles. The van der Waals surface area contributed by atoms with Crippen LogP contribution in [0.5, 0.6) is 5.75 Å². The molecular weight excluding hydrogens is 300 g/mol. The fraction of sp³-hybridized carbons (Fsp3) is 0.438. The first-order chi connectivity index (χ1) is 10.9. The van der Waals surface area contributed by atoms with Gasteiger partial charge < -0.3 is 20.1 Å². The van der Waals surface area contributed by atoms with Gasteiger partial charge in [0, 0.05) is 6.54 Å². The van der Waals surface area contributed by atoms with Crippen LogP contribution in [0.2, 0.25) is 0 Å². The summed E-state index contributed by atoms with van der Waals surface area (Å²) >= 11 is 0. The van der Waals surface area contributed by atoms with Crippen molar-refractivity contribution in [3.8, 4) is 5.75 Å². The van der Waals surface area contributed by atoms with E-state index in [0.29, 0.717) is 25.1 Å². The first-order valence-electron chi connectivity index (χ1n) is 7.42. The number of hydrogen-bond donors (Lipinski definition) is 2. The summed E-state index contributed by atoms with van der Waals surface area (Å²) in [5, 5.41) is 11.7. The van der Waals surface area contributed by atoms with Crippen LogP contribution in [0.25, 0.3) is 0 Å². The second kappa shape index (κ2) is 7.13. The molecule has 1 heterocycles. The lowest BCUT2D eigenvalue weighted by atomic mass is 9.99. The van der Waals surface area contributed by atoms with Crippen molar-refractivity contribution in [2.45, 2.75) is 25.3 Å². The topological polar surface area (TPSA) is 95.9 Å². The number of amides is 2. The number of rotatable bonds is 6. The molecule has 0 radical (unpaired) electrons. The van der Waals surface area contributed by atoms with Gasteiger partial charge in [0.15, 0.2) is 6.61 Å². The minimum Gasteiger partial charge on any atom is -0.484 e. The van der Waals surface area contributed by atoms with E-state index in [9.17, 15) is 19.5 Å². The van der Waals surface area contributed by atoms with Crippen molar-refractivity contribution in [1.82, 2.24) is 10.2 Å². The summed E-state index contributed by atoms with van der Waals surface area (Å²) in [4.78, 5) is 36.5. The molecule has 0 bridgehead atoms. The van der Waals surface area contributed by atoms with Crippen LogP contribution in [0.3, 0.4) is 0 Å². The van der Waals surface area contributed by atoms with E-state index in [2.05, 4.69) is 5.32 Å². The molecule has 7 nitrogen and oxygen atoms in total. The highest BCUT2D eigenvalue weighted by atomic mass is 16.5. The Morgan fingerprint density at radius 2 is 2.00 bits per heavy atom. The number of hydrogen-bond acceptors (Lipinski definition) is 4. The standard InChI is InChI=1S/C16H20N2O5/c1-16(15(21)22)8-5-9-18(16)14(20)10-17-13(19)11-23-12-6-3-2-4-7-12/h2-4,6-7H,5,8-11H2,1H3,(H,17,19)(H,21,22). The molecule has 2 amide bonds. The highest BCUT2D eigenvalue weighted by molar-refractivity contribution is 5.90. The Labute approximate surface area is 134 Å². The Morgan fingerprint density at radius 1 is 1.30 bits per heavy atom. The Hall–Kier alpha value is -2.57. The van der Waals surface area contributed by atoms with Gasteiger partial charge in [0.05, 0.1) is 6.54 Å². The largest absolute Gasteiger partial charge is 0.484 e. The Morgan fingerprint density at radius 3 is 2.65 bits per heavy atom. The highest BCUT2D eigenvalue weighted by Crippen LogP contribution is 2.29. The van der Waals surface area contributed by atoms with E-state index >= 15 is 0 Å². The van der Waals surface area contributed by atoms with Crippen molar-refractivity contribution in [2.24, 2.45) is 0 Å². The molecule has 1 aromatic rings. The van der Waals surface area contributed by atoms with Crippen LogP contribution in [-0.2, 0) is 14.4 Å². The maximum atomic E-state index is 12.2. The Bertz CT molecular complexity index is 589. The first-order valence-corrected chi connectivity index (χ1v) is 7.42. The van der Waals surface area contributed by atoms with Gasteiger partial charge in [0.25, 0.3) is 5.91 Å². The van der Waals surface area contributed by atoms with Crippen LogP contribution in [0.1, 0.15) is 19.8 Å². The molecule has 1 aliphatic heterocycles. The minimum absolute atomic E-state index is 0.201. The van der Waals surface area contributed by atoms with Gasteiger partial charge in [-0.3, -0.25) is 9.59 Å². The highest BCUT2D eigenvalue weighted by Gasteiger charge is 2.45. The van der Waals surface area contributed by atoms with Gasteiger partial charge in [-0.2, -0.15) is 0 Å². The number of carboxylic acid groups (broad SMARTS) is 1. The SMILES string of the molecule is CC1(C(=O)O)CCCN1C(=O)CNC(=O)COc1ccccc1. The lowest BCUT2D eigenvalue weighted by Crippen LogP contribution is -2.53. The average molecular weight is 320 g/mol. The van der Waals surface area contributed by atoms with Gasteiger partial charge in [-0.25, -0.2) is 4.79 Å². The molecule has 0 spiro atoms. The van der Waals surface area contributed by atoms with E-state index in [1.54, 1.807) is 24.3 Å². The summed E-state index contributed by atoms with van der Waals surface area (Å²) in [7, 11) is 0. The van der Waals surface area contributed by atoms with Crippen molar-refractivity contribution >= 4 is 17.8 Å². The van der Waals surface area contributed by atoms with Gasteiger partial charge in [-0.15, -0.1) is 0 Å². The molecule has 23 heavy (non-hydrogen) atoms. The number of nitrogens with zero attached hydrogens (tertiary/aromatic N) is 1. The maximum Gasteiger partial charge on any atom is 0.329 e. The minimum atomic E-state index is -1.19. The van der Waals surface area contributed by atoms with Gasteiger partial charge in [-0.05, 0) is 31.9 Å². The summed E-state index contributed by atoms with van der Waals surface area (Å²) in [6, 6.07) is 8.86. The molecule has 124 valence electrons. The smallest absolute Gasteiger partial charge is 0.329 e. The lowest BCUT2D eigenvalue weighted by molar-refractivity contribution is -0.155. The third kappa shape index (κ3) is 4.00. The quantitative estimate of drug-likeness (QED) is 0.802. The molecule has 1 aliphatic rings. The fourth-order valence-corrected chi connectivity index (χ4v) is 2.57. The third-order valence-electron chi connectivity index (χ3n) is 3.95. The molecule has 1 fully saturated rings. The van der Waals surface area contributed by atoms with E-state index < -0.39 is 23.3 Å². The van der Waals surface area contributed by atoms with Gasteiger partial charge in [0.1, 0.15) is 11.3 Å². The lowest BCUT2D eigenvalue weighted by Gasteiger charge is -2.31. The van der Waals surface area contributed by atoms with E-state index in [4.69, 9.17) is 4.74 Å². The van der Waals surface area contributed by atoms with Gasteiger partial charge >= 0.3 is 5.97 Å². The van der Waals surface area contributed by atoms with E-state index in [1.165, 1.54) is 11.8 Å². The fourth-order valence-electron chi connectivity index (χ4n) is 2.57. The molecule has 0 aliphatic carbocycles. The molecule has 1 atom stereocenters. The number of benzene rings is 1. The number of likely N-dealkylation sites (tertiary alicyclic amines) is 1. The number of carboxylic acids is 1. The maximum absolute atomic E-state index is 12.2. The predicted octanol–water partition coefficient (Wildman–Crippen LogP) is 0.647. The number of aliphatic carboxylic acids is 1. The van der Waals surface area contributed by atoms with Crippen molar-refractivity contribution in [2.75, 3.05) is 19.7 Å². The van der Waals surface area contributed by atoms with Crippen LogP contribution in [-0.4, -0.2) is 53.0 Å². The monoisotopic (exact) mass is 320 g/mol. The molecule has 2 N–H and O–H groups in total. The zero-order valence-electron chi connectivity index (χ0n) is 12.9. The predicted molar refractivity (Wildman–Crippen MR) is 81.9 cm³/mol. The zero-order chi connectivity index (χ0) is 16.9. The number of para-hydroxylation sites is 1. The van der Waals surface area contributed by atoms with E-state index in [1.807, 2.05) is 6.07 Å². The average Bonchev–Trinajstić information content (AvgIpc) is 2.95. The first kappa shape index (κ1) is 16.8. The molecule has 1 aromatic carbocycles. The van der Waals surface area contributed by atoms with Crippen LogP contribution in [0, 0.1) is 0 Å². The third-order valence-corrected chi connectivity index (χ3v) is 3.95. The second-order valence-electron chi connectivity index (χ2n) is 5.61. The second-order valence-corrected chi connectivity index (χ2v) is 5.61. The van der Waals surface area contributed by atoms with Gasteiger partial charge in [-0.1, -0.05) is 18.2 Å². The molecular formula is C16H20N2O5. The number of nitrogens with one attached hydrogen (secondary N) is 1. The molecule has 1 unspecified atom stereocenters. The van der Waals surface area contributed by atoms with Crippen molar-refractivity contribution in [3.63, 3.8) is 0 Å². The summed E-state index contributed by atoms with van der Waals surface area (Å²) in [6.07, 6.45) is 1.05. The van der Waals surface area contributed by atoms with E-state index in [-0.39, 0.29) is 13.2 Å². The molecule has 1 saturated heterocycles. The zero-order valence-corrected chi connectivity index (χ0v) is 12.9. The van der Waals surface area contributed by atoms with Crippen LogP contribution in [0.15, 0.2) is 30.3 Å². The van der Waals surface area contributed by atoms with Crippen molar-refractivity contribution in [1.29, 1.82) is 0 Å². The van der Waals surface area contributed by atoms with Crippen molar-refractivity contribution in [3.05, 3.63) is 30.3 Å². The summed E-state index contributed by atoms with van der Waals surface area (Å²) in [5.74, 6) is -1.30. The molecule has 7 heteroatoms. The van der Waals surface area contributed by atoms with Crippen LogP contribution >= 0.6 is 0 Å². The number of ether oxygens (including phenoxy) is 1.